The van der Waals surface area contributed by atoms with Gasteiger partial charge in [-0.25, -0.2) is 0 Å². The zero-order valence-electron chi connectivity index (χ0n) is 24.3. The van der Waals surface area contributed by atoms with E-state index in [-0.39, 0.29) is 12.5 Å². The van der Waals surface area contributed by atoms with Crippen LogP contribution in [0.4, 0.5) is 5.69 Å². The molecule has 0 unspecified atom stereocenters. The third kappa shape index (κ3) is 12.7. The topological polar surface area (TPSA) is 51.4 Å². The molecule has 0 radical (unpaired) electrons. The van der Waals surface area contributed by atoms with Crippen LogP contribution < -0.4 is 19.4 Å². The van der Waals surface area contributed by atoms with Gasteiger partial charge in [0.05, 0.1) is 11.5 Å². The van der Waals surface area contributed by atoms with E-state index in [4.69, 9.17) is 21.1 Å². The molecule has 1 N–H and O–H groups in total. The van der Waals surface area contributed by atoms with Gasteiger partial charge in [0.25, 0.3) is 5.91 Å². The van der Waals surface area contributed by atoms with Gasteiger partial charge in [-0.2, -0.15) is 4.57 Å². The first-order chi connectivity index (χ1) is 19.5. The van der Waals surface area contributed by atoms with Crippen molar-refractivity contribution in [1.82, 2.24) is 0 Å². The maximum Gasteiger partial charge on any atom is 0.262 e. The lowest BCUT2D eigenvalue weighted by molar-refractivity contribution is -0.683. The second kappa shape index (κ2) is 18.7. The molecule has 0 aliphatic rings. The number of aromatic nitrogens is 1. The molecule has 3 rings (SSSR count). The standard InChI is InChI=1S/C33H45ClN2O3S/c1-3-4-5-6-7-8-9-10-11-12-13-14-21-38-32-22-29(34)17-20-31(32)39-25-33(37)35-30-18-15-28(16-19-30)24-36-23-27(2)40-26-36/h15-20,22-23,26H,3-14,21,24-25H2,1-2H3/p+1. The smallest absolute Gasteiger partial charge is 0.262 e. The number of hydrogen-bond donors (Lipinski definition) is 1. The first-order valence-corrected chi connectivity index (χ1v) is 16.2. The molecule has 0 spiro atoms. The molecule has 218 valence electrons. The summed E-state index contributed by atoms with van der Waals surface area (Å²) >= 11 is 7.92. The van der Waals surface area contributed by atoms with Crippen molar-refractivity contribution in [2.45, 2.75) is 97.4 Å². The van der Waals surface area contributed by atoms with E-state index in [0.717, 1.165) is 25.1 Å². The van der Waals surface area contributed by atoms with Crippen molar-refractivity contribution in [2.75, 3.05) is 18.5 Å². The number of anilines is 1. The SMILES string of the molecule is CCCCCCCCCCCCCCOc1cc(Cl)ccc1OCC(=O)Nc1ccc(C[n+]2csc(C)c2)cc1. The Labute approximate surface area is 249 Å². The summed E-state index contributed by atoms with van der Waals surface area (Å²) in [6.45, 7) is 5.67. The molecule has 0 aliphatic heterocycles. The minimum absolute atomic E-state index is 0.109. The van der Waals surface area contributed by atoms with Crippen LogP contribution in [-0.4, -0.2) is 19.1 Å². The van der Waals surface area contributed by atoms with Gasteiger partial charge >= 0.3 is 0 Å². The maximum atomic E-state index is 12.5. The predicted molar refractivity (Wildman–Crippen MR) is 167 cm³/mol. The van der Waals surface area contributed by atoms with Crippen LogP contribution in [0.25, 0.3) is 0 Å². The number of carbonyl (C=O) groups is 1. The predicted octanol–water partition coefficient (Wildman–Crippen LogP) is 9.14. The largest absolute Gasteiger partial charge is 0.490 e. The van der Waals surface area contributed by atoms with Crippen molar-refractivity contribution in [3.8, 4) is 11.5 Å². The zero-order valence-corrected chi connectivity index (χ0v) is 25.8. The van der Waals surface area contributed by atoms with Crippen LogP contribution in [0.2, 0.25) is 5.02 Å². The molecule has 0 bridgehead atoms. The van der Waals surface area contributed by atoms with Crippen molar-refractivity contribution in [3.05, 3.63) is 69.6 Å². The molecule has 40 heavy (non-hydrogen) atoms. The lowest BCUT2D eigenvalue weighted by Gasteiger charge is -2.13. The van der Waals surface area contributed by atoms with Crippen molar-refractivity contribution in [2.24, 2.45) is 0 Å². The highest BCUT2D eigenvalue weighted by Crippen LogP contribution is 2.30. The fourth-order valence-electron chi connectivity index (χ4n) is 4.61. The molecule has 1 heterocycles. The molecule has 0 aliphatic carbocycles. The van der Waals surface area contributed by atoms with Crippen LogP contribution in [0.3, 0.4) is 0 Å². The highest BCUT2D eigenvalue weighted by molar-refractivity contribution is 7.09. The number of rotatable bonds is 20. The van der Waals surface area contributed by atoms with Gasteiger partial charge in [-0.15, -0.1) is 0 Å². The summed E-state index contributed by atoms with van der Waals surface area (Å²) in [5, 5.41) is 3.48. The Morgan fingerprint density at radius 3 is 2.12 bits per heavy atom. The Hall–Kier alpha value is -2.57. The number of aryl methyl sites for hydroxylation is 1. The minimum atomic E-state index is -0.225. The number of halogens is 1. The monoisotopic (exact) mass is 585 g/mol. The Kier molecular flexibility index (Phi) is 15.0. The average Bonchev–Trinajstić information content (AvgIpc) is 3.36. The minimum Gasteiger partial charge on any atom is -0.490 e. The van der Waals surface area contributed by atoms with E-state index in [1.807, 2.05) is 24.3 Å². The summed E-state index contributed by atoms with van der Waals surface area (Å²) in [5.41, 5.74) is 4.02. The molecule has 1 aromatic heterocycles. The van der Waals surface area contributed by atoms with E-state index in [1.165, 1.54) is 74.6 Å². The second-order valence-corrected chi connectivity index (χ2v) is 12.0. The Balaban J connectivity index is 1.31. The second-order valence-electron chi connectivity index (χ2n) is 10.5. The van der Waals surface area contributed by atoms with Crippen molar-refractivity contribution >= 4 is 34.5 Å². The number of amides is 1. The summed E-state index contributed by atoms with van der Waals surface area (Å²) in [6.07, 6.45) is 17.8. The summed E-state index contributed by atoms with van der Waals surface area (Å²) < 4.78 is 13.9. The van der Waals surface area contributed by atoms with Crippen LogP contribution in [0.1, 0.15) is 94.4 Å². The fourth-order valence-corrected chi connectivity index (χ4v) is 5.41. The van der Waals surface area contributed by atoms with E-state index < -0.39 is 0 Å². The number of ether oxygens (including phenoxy) is 2. The summed E-state index contributed by atoms with van der Waals surface area (Å²) in [7, 11) is 0. The van der Waals surface area contributed by atoms with E-state index in [2.05, 4.69) is 35.4 Å². The molecule has 1 amide bonds. The molecule has 0 saturated heterocycles. The van der Waals surface area contributed by atoms with Gasteiger partial charge in [0.15, 0.2) is 30.8 Å². The molecule has 2 aromatic carbocycles. The van der Waals surface area contributed by atoms with E-state index in [1.54, 1.807) is 29.5 Å². The number of unbranched alkanes of at least 4 members (excludes halogenated alkanes) is 11. The highest BCUT2D eigenvalue weighted by atomic mass is 35.5. The lowest BCUT2D eigenvalue weighted by Crippen LogP contribution is -2.30. The van der Waals surface area contributed by atoms with Gasteiger partial charge in [-0.3, -0.25) is 4.79 Å². The highest BCUT2D eigenvalue weighted by Gasteiger charge is 2.11. The first kappa shape index (κ1) is 32.0. The van der Waals surface area contributed by atoms with Gasteiger partial charge in [-0.05, 0) is 37.6 Å². The lowest BCUT2D eigenvalue weighted by atomic mass is 10.1. The molecule has 0 fully saturated rings. The number of benzene rings is 2. The average molecular weight is 586 g/mol. The van der Waals surface area contributed by atoms with Crippen molar-refractivity contribution < 1.29 is 18.8 Å². The Bertz CT molecular complexity index is 1130. The molecule has 3 aromatic rings. The molecule has 0 saturated carbocycles. The third-order valence-corrected chi connectivity index (χ3v) is 7.93. The zero-order chi connectivity index (χ0) is 28.4. The Morgan fingerprint density at radius 2 is 1.50 bits per heavy atom. The van der Waals surface area contributed by atoms with E-state index in [0.29, 0.717) is 23.1 Å². The normalized spacial score (nSPS) is 11.0. The molecular formula is C33H46ClN2O3S+. The van der Waals surface area contributed by atoms with E-state index in [9.17, 15) is 4.79 Å². The first-order valence-electron chi connectivity index (χ1n) is 14.9. The van der Waals surface area contributed by atoms with Gasteiger partial charge < -0.3 is 14.8 Å². The van der Waals surface area contributed by atoms with Gasteiger partial charge in [0.2, 0.25) is 5.51 Å². The van der Waals surface area contributed by atoms with E-state index >= 15 is 0 Å². The van der Waals surface area contributed by atoms with Crippen LogP contribution >= 0.6 is 22.9 Å². The third-order valence-electron chi connectivity index (χ3n) is 6.84. The number of thiazole rings is 1. The van der Waals surface area contributed by atoms with Crippen molar-refractivity contribution in [1.29, 1.82) is 0 Å². The van der Waals surface area contributed by atoms with Crippen LogP contribution in [-0.2, 0) is 11.3 Å². The van der Waals surface area contributed by atoms with Crippen LogP contribution in [0, 0.1) is 6.92 Å². The number of nitrogens with zero attached hydrogens (tertiary/aromatic N) is 1. The molecule has 0 atom stereocenters. The molecule has 7 heteroatoms. The fraction of sp³-hybridized carbons (Fsp3) is 0.515. The van der Waals surface area contributed by atoms with Crippen LogP contribution in [0.15, 0.2) is 54.2 Å². The number of carbonyl (C=O) groups excluding carboxylic acids is 1. The Morgan fingerprint density at radius 1 is 0.850 bits per heavy atom. The summed E-state index contributed by atoms with van der Waals surface area (Å²) in [5.74, 6) is 0.878. The van der Waals surface area contributed by atoms with Crippen LogP contribution in [0.5, 0.6) is 11.5 Å². The van der Waals surface area contributed by atoms with Gasteiger partial charge in [0, 0.05) is 22.3 Å². The quantitative estimate of drug-likeness (QED) is 0.106. The maximum absolute atomic E-state index is 12.5. The molecular weight excluding hydrogens is 540 g/mol. The van der Waals surface area contributed by atoms with Crippen molar-refractivity contribution in [3.63, 3.8) is 0 Å². The van der Waals surface area contributed by atoms with Gasteiger partial charge in [-0.1, -0.05) is 113 Å². The molecule has 5 nitrogen and oxygen atoms in total. The summed E-state index contributed by atoms with van der Waals surface area (Å²) in [4.78, 5) is 13.8. The van der Waals surface area contributed by atoms with Gasteiger partial charge in [0.1, 0.15) is 0 Å². The number of hydrogen-bond acceptors (Lipinski definition) is 4. The summed E-state index contributed by atoms with van der Waals surface area (Å²) in [6, 6.07) is 13.1. The number of nitrogens with one attached hydrogen (secondary N) is 1.